The molecule has 2 saturated heterocycles. The maximum absolute atomic E-state index is 12.8. The topological polar surface area (TPSA) is 154 Å². The van der Waals surface area contributed by atoms with Crippen LogP contribution in [0.15, 0.2) is 6.20 Å². The van der Waals surface area contributed by atoms with Crippen molar-refractivity contribution in [2.24, 2.45) is 0 Å². The fraction of sp³-hybridized carbons (Fsp3) is 0.615. The molecule has 0 aliphatic carbocycles. The fourth-order valence-electron chi connectivity index (χ4n) is 3.32. The van der Waals surface area contributed by atoms with Gasteiger partial charge in [0.05, 0.1) is 31.2 Å². The van der Waals surface area contributed by atoms with E-state index in [1.54, 1.807) is 6.92 Å². The summed E-state index contributed by atoms with van der Waals surface area (Å²) in [4.78, 5) is 35.8. The van der Waals surface area contributed by atoms with E-state index in [-0.39, 0.29) is 48.2 Å². The van der Waals surface area contributed by atoms with Crippen molar-refractivity contribution in [3.05, 3.63) is 11.9 Å². The quantitative estimate of drug-likeness (QED) is 0.383. The third-order valence-corrected chi connectivity index (χ3v) is 7.38. The van der Waals surface area contributed by atoms with Gasteiger partial charge in [-0.2, -0.15) is 0 Å². The summed E-state index contributed by atoms with van der Waals surface area (Å²) in [6, 6.07) is -1.62. The van der Waals surface area contributed by atoms with Crippen molar-refractivity contribution < 1.29 is 57.5 Å². The fourth-order valence-corrected chi connectivity index (χ4v) is 5.68. The molecule has 2 aliphatic rings. The number of aliphatic carboxylic acids is 1. The number of fused-ring (bicyclic) bond motifs is 1. The minimum atomic E-state index is -3.98. The van der Waals surface area contributed by atoms with Crippen LogP contribution in [0.5, 0.6) is 0 Å². The summed E-state index contributed by atoms with van der Waals surface area (Å²) in [5.41, 5.74) is -0.0230. The molecular formula is C13H16N5NaO6S. The second-order valence-corrected chi connectivity index (χ2v) is 8.77. The van der Waals surface area contributed by atoms with Crippen LogP contribution in [-0.4, -0.2) is 68.8 Å². The average molecular weight is 393 g/mol. The minimum absolute atomic E-state index is 0. The predicted octanol–water partition coefficient (Wildman–Crippen LogP) is -6.10. The summed E-state index contributed by atoms with van der Waals surface area (Å²) in [5.74, 6) is -2.68. The molecular weight excluding hydrogens is 377 g/mol. The van der Waals surface area contributed by atoms with E-state index in [4.69, 9.17) is 0 Å². The van der Waals surface area contributed by atoms with E-state index in [0.29, 0.717) is 6.54 Å². The van der Waals surface area contributed by atoms with Crippen molar-refractivity contribution in [1.29, 1.82) is 0 Å². The number of amides is 2. The summed E-state index contributed by atoms with van der Waals surface area (Å²) in [6.07, 6.45) is 0.985. The zero-order valence-corrected chi connectivity index (χ0v) is 17.3. The summed E-state index contributed by atoms with van der Waals surface area (Å²) >= 11 is 0. The van der Waals surface area contributed by atoms with Gasteiger partial charge in [0.1, 0.15) is 10.1 Å². The van der Waals surface area contributed by atoms with Crippen LogP contribution < -0.4 is 40.0 Å². The van der Waals surface area contributed by atoms with Crippen LogP contribution in [-0.2, 0) is 26.0 Å². The Morgan fingerprint density at radius 2 is 2.12 bits per heavy atom. The molecule has 0 aromatic carbocycles. The van der Waals surface area contributed by atoms with Crippen molar-refractivity contribution in [3.8, 4) is 0 Å². The van der Waals surface area contributed by atoms with Gasteiger partial charge in [0.2, 0.25) is 5.91 Å². The molecule has 3 heterocycles. The van der Waals surface area contributed by atoms with E-state index in [2.05, 4.69) is 15.6 Å². The Bertz CT molecular complexity index is 870. The maximum atomic E-state index is 12.8. The molecule has 1 aromatic rings. The number of β-lactam (4-membered cyclic amide) rings is 1. The van der Waals surface area contributed by atoms with Crippen molar-refractivity contribution in [2.45, 2.75) is 43.0 Å². The van der Waals surface area contributed by atoms with Gasteiger partial charge < -0.3 is 20.1 Å². The number of aromatic nitrogens is 3. The molecule has 3 atom stereocenters. The van der Waals surface area contributed by atoms with E-state index >= 15 is 0 Å². The number of hydrogen-bond acceptors (Lipinski definition) is 8. The van der Waals surface area contributed by atoms with Gasteiger partial charge in [0, 0.05) is 6.54 Å². The first-order chi connectivity index (χ1) is 11.6. The van der Waals surface area contributed by atoms with E-state index in [1.807, 2.05) is 0 Å². The van der Waals surface area contributed by atoms with E-state index in [0.717, 1.165) is 9.58 Å². The molecule has 1 N–H and O–H groups in total. The van der Waals surface area contributed by atoms with Crippen molar-refractivity contribution >= 4 is 27.6 Å². The number of carboxylic acids is 1. The number of hydrogen-bond donors (Lipinski definition) is 1. The molecule has 2 aliphatic heterocycles. The minimum Gasteiger partial charge on any atom is -0.548 e. The van der Waals surface area contributed by atoms with Gasteiger partial charge >= 0.3 is 29.6 Å². The molecule has 2 fully saturated rings. The predicted molar refractivity (Wildman–Crippen MR) is 79.4 cm³/mol. The Balaban J connectivity index is 0.00000243. The molecule has 136 valence electrons. The van der Waals surface area contributed by atoms with Crippen LogP contribution in [0.25, 0.3) is 0 Å². The first-order valence-electron chi connectivity index (χ1n) is 7.57. The number of nitrogens with zero attached hydrogens (tertiary/aromatic N) is 4. The van der Waals surface area contributed by atoms with Crippen LogP contribution >= 0.6 is 0 Å². The van der Waals surface area contributed by atoms with E-state index < -0.39 is 43.8 Å². The molecule has 0 radical (unpaired) electrons. The van der Waals surface area contributed by atoms with Crippen LogP contribution in [0.1, 0.15) is 30.8 Å². The van der Waals surface area contributed by atoms with Gasteiger partial charge in [0.25, 0.3) is 5.91 Å². The molecule has 3 rings (SSSR count). The Morgan fingerprint density at radius 3 is 2.65 bits per heavy atom. The zero-order valence-electron chi connectivity index (χ0n) is 14.5. The van der Waals surface area contributed by atoms with E-state index in [1.165, 1.54) is 13.1 Å². The van der Waals surface area contributed by atoms with Crippen LogP contribution in [0.3, 0.4) is 0 Å². The Morgan fingerprint density at radius 1 is 1.46 bits per heavy atom. The first-order valence-corrected chi connectivity index (χ1v) is 9.12. The molecule has 1 aromatic heterocycles. The van der Waals surface area contributed by atoms with Gasteiger partial charge in [-0.15, -0.1) is 5.10 Å². The van der Waals surface area contributed by atoms with Crippen LogP contribution in [0.4, 0.5) is 0 Å². The second kappa shape index (κ2) is 6.91. The van der Waals surface area contributed by atoms with E-state index in [9.17, 15) is 27.9 Å². The summed E-state index contributed by atoms with van der Waals surface area (Å²) < 4.78 is 24.8. The Kier molecular flexibility index (Phi) is 5.53. The van der Waals surface area contributed by atoms with Gasteiger partial charge in [-0.25, -0.2) is 8.42 Å². The largest absolute Gasteiger partial charge is 1.00 e. The molecule has 13 heteroatoms. The number of carbonyl (C=O) groups is 3. The third-order valence-electron chi connectivity index (χ3n) is 4.62. The monoisotopic (exact) mass is 393 g/mol. The molecule has 0 spiro atoms. The average Bonchev–Trinajstić information content (AvgIpc) is 3.01. The summed E-state index contributed by atoms with van der Waals surface area (Å²) in [6.45, 7) is 2.96. The van der Waals surface area contributed by atoms with Crippen molar-refractivity contribution in [3.63, 3.8) is 0 Å². The standard InChI is InChI=1S/C13H17N5O6S.Na/c1-3-14-11(20)7-5-17(16-15-7)6-13(2)10(12(21)22)18-8(19)4-9(18)25(13,23)24;/h5,9-10H,3-4,6H2,1-2H3,(H,14,20)(H,21,22);/q;+1/p-1/t9-,10+,13+;/m1./s1. The second-order valence-electron chi connectivity index (χ2n) is 6.20. The molecule has 0 unspecified atom stereocenters. The normalized spacial score (nSPS) is 28.7. The number of rotatable bonds is 5. The van der Waals surface area contributed by atoms with Crippen molar-refractivity contribution in [1.82, 2.24) is 25.2 Å². The smallest absolute Gasteiger partial charge is 0.548 e. The van der Waals surface area contributed by atoms with Crippen LogP contribution in [0.2, 0.25) is 0 Å². The molecule has 2 amide bonds. The Labute approximate surface area is 171 Å². The summed E-state index contributed by atoms with van der Waals surface area (Å²) in [7, 11) is -3.98. The number of sulfone groups is 1. The number of carboxylic acid groups (broad SMARTS) is 1. The zero-order chi connectivity index (χ0) is 18.6. The summed E-state index contributed by atoms with van der Waals surface area (Å²) in [5, 5.41) is 20.3. The SMILES string of the molecule is CCNC(=O)c1cn(C[C@@]2(C)[C@H](C(=O)[O-])N3C(=O)C[C@H]3S2(=O)=O)nn1.[Na+]. The van der Waals surface area contributed by atoms with Gasteiger partial charge in [-0.3, -0.25) is 14.3 Å². The maximum Gasteiger partial charge on any atom is 1.00 e. The van der Waals surface area contributed by atoms with Crippen molar-refractivity contribution in [2.75, 3.05) is 6.54 Å². The molecule has 11 nitrogen and oxygen atoms in total. The number of nitrogens with one attached hydrogen (secondary N) is 1. The Hall–Kier alpha value is -1.50. The molecule has 26 heavy (non-hydrogen) atoms. The molecule has 0 saturated carbocycles. The third kappa shape index (κ3) is 2.84. The number of carbonyl (C=O) groups excluding carboxylic acids is 3. The first kappa shape index (κ1) is 20.8. The van der Waals surface area contributed by atoms with Gasteiger partial charge in [-0.05, 0) is 13.8 Å². The van der Waals surface area contributed by atoms with Crippen LogP contribution in [0, 0.1) is 0 Å². The van der Waals surface area contributed by atoms with Gasteiger partial charge in [0.15, 0.2) is 15.5 Å². The van der Waals surface area contributed by atoms with Gasteiger partial charge in [-0.1, -0.05) is 5.21 Å². The molecule has 0 bridgehead atoms.